The Hall–Kier alpha value is -1.32. The highest BCUT2D eigenvalue weighted by molar-refractivity contribution is 5.69. The van der Waals surface area contributed by atoms with Gasteiger partial charge in [0.25, 0.3) is 0 Å². The van der Waals surface area contributed by atoms with Crippen LogP contribution in [-0.4, -0.2) is 16.2 Å². The fourth-order valence-electron chi connectivity index (χ4n) is 1.04. The minimum absolute atomic E-state index is 0.0498. The fourth-order valence-corrected chi connectivity index (χ4v) is 1.04. The van der Waals surface area contributed by atoms with Gasteiger partial charge in [-0.05, 0) is 6.42 Å². The van der Waals surface area contributed by atoms with Crippen molar-refractivity contribution in [3.8, 4) is 0 Å². The van der Waals surface area contributed by atoms with Crippen LogP contribution < -0.4 is 0 Å². The Morgan fingerprint density at radius 2 is 2.50 bits per heavy atom. The number of hydrogen-bond acceptors (Lipinski definition) is 3. The third-order valence-corrected chi connectivity index (χ3v) is 1.57. The number of nitrogens with zero attached hydrogens (tertiary/aromatic N) is 1. The molecule has 1 aromatic rings. The van der Waals surface area contributed by atoms with Gasteiger partial charge < -0.3 is 9.63 Å². The van der Waals surface area contributed by atoms with Crippen molar-refractivity contribution in [2.24, 2.45) is 0 Å². The van der Waals surface area contributed by atoms with Crippen LogP contribution in [0, 0.1) is 0 Å². The van der Waals surface area contributed by atoms with E-state index in [1.165, 1.54) is 6.26 Å². The van der Waals surface area contributed by atoms with Crippen LogP contribution in [0.3, 0.4) is 0 Å². The van der Waals surface area contributed by atoms with Gasteiger partial charge in [0, 0.05) is 5.56 Å². The van der Waals surface area contributed by atoms with E-state index < -0.39 is 5.97 Å². The van der Waals surface area contributed by atoms with Gasteiger partial charge in [0.1, 0.15) is 6.26 Å². The van der Waals surface area contributed by atoms with Crippen LogP contribution in [0.4, 0.5) is 0 Å². The molecular weight excluding hydrogens is 158 g/mol. The van der Waals surface area contributed by atoms with Crippen molar-refractivity contribution < 1.29 is 14.4 Å². The summed E-state index contributed by atoms with van der Waals surface area (Å²) < 4.78 is 4.69. The van der Waals surface area contributed by atoms with Crippen molar-refractivity contribution >= 4 is 5.97 Å². The summed E-state index contributed by atoms with van der Waals surface area (Å²) in [6.45, 7) is 2.03. The smallest absolute Gasteiger partial charge is 0.309 e. The zero-order valence-electron chi connectivity index (χ0n) is 6.91. The number of aromatic nitrogens is 1. The van der Waals surface area contributed by atoms with Gasteiger partial charge in [-0.25, -0.2) is 0 Å². The van der Waals surface area contributed by atoms with Crippen molar-refractivity contribution in [2.45, 2.75) is 26.2 Å². The van der Waals surface area contributed by atoms with E-state index in [1.807, 2.05) is 6.92 Å². The average molecular weight is 169 g/mol. The maximum atomic E-state index is 10.3. The normalized spacial score (nSPS) is 10.1. The second-order valence-electron chi connectivity index (χ2n) is 2.61. The summed E-state index contributed by atoms with van der Waals surface area (Å²) in [6, 6.07) is 0. The van der Waals surface area contributed by atoms with Gasteiger partial charge in [0.2, 0.25) is 0 Å². The molecule has 0 aliphatic heterocycles. The molecule has 1 N–H and O–H groups in total. The Morgan fingerprint density at radius 1 is 1.75 bits per heavy atom. The van der Waals surface area contributed by atoms with Crippen molar-refractivity contribution in [3.63, 3.8) is 0 Å². The van der Waals surface area contributed by atoms with Crippen LogP contribution in [0.5, 0.6) is 0 Å². The molecule has 0 unspecified atom stereocenters. The molecule has 0 aromatic carbocycles. The number of rotatable bonds is 4. The Labute approximate surface area is 70.2 Å². The monoisotopic (exact) mass is 169 g/mol. The number of carboxylic acids is 1. The minimum atomic E-state index is -0.874. The number of aliphatic carboxylic acids is 1. The highest BCUT2D eigenvalue weighted by Gasteiger charge is 2.09. The lowest BCUT2D eigenvalue weighted by Crippen LogP contribution is -2.02. The number of carboxylic acid groups (broad SMARTS) is 1. The molecule has 0 atom stereocenters. The van der Waals surface area contributed by atoms with E-state index in [0.29, 0.717) is 5.69 Å². The van der Waals surface area contributed by atoms with Crippen molar-refractivity contribution in [1.82, 2.24) is 5.16 Å². The van der Waals surface area contributed by atoms with Crippen molar-refractivity contribution in [1.29, 1.82) is 0 Å². The first kappa shape index (κ1) is 8.77. The third-order valence-electron chi connectivity index (χ3n) is 1.57. The number of aryl methyl sites for hydroxylation is 1. The first-order valence-electron chi connectivity index (χ1n) is 3.88. The first-order valence-corrected chi connectivity index (χ1v) is 3.88. The molecule has 0 bridgehead atoms. The summed E-state index contributed by atoms with van der Waals surface area (Å²) in [5.41, 5.74) is 1.45. The summed E-state index contributed by atoms with van der Waals surface area (Å²) in [5, 5.41) is 12.1. The summed E-state index contributed by atoms with van der Waals surface area (Å²) >= 11 is 0. The molecule has 4 nitrogen and oxygen atoms in total. The number of carbonyl (C=O) groups is 1. The van der Waals surface area contributed by atoms with Crippen LogP contribution >= 0.6 is 0 Å². The molecule has 0 aliphatic rings. The molecule has 0 saturated heterocycles. The van der Waals surface area contributed by atoms with Gasteiger partial charge in [-0.3, -0.25) is 4.79 Å². The molecule has 1 aromatic heterocycles. The standard InChI is InChI=1S/C8H11NO3/c1-2-3-6-5-12-9-7(6)4-8(10)11/h5H,2-4H2,1H3,(H,10,11). The van der Waals surface area contributed by atoms with Crippen molar-refractivity contribution in [2.75, 3.05) is 0 Å². The van der Waals surface area contributed by atoms with Gasteiger partial charge in [-0.1, -0.05) is 18.5 Å². The lowest BCUT2D eigenvalue weighted by Gasteiger charge is -1.93. The molecule has 0 saturated carbocycles. The predicted molar refractivity (Wildman–Crippen MR) is 41.8 cm³/mol. The van der Waals surface area contributed by atoms with E-state index >= 15 is 0 Å². The van der Waals surface area contributed by atoms with E-state index in [0.717, 1.165) is 18.4 Å². The van der Waals surface area contributed by atoms with Gasteiger partial charge in [-0.2, -0.15) is 0 Å². The Kier molecular flexibility index (Phi) is 2.85. The van der Waals surface area contributed by atoms with Crippen LogP contribution in [0.15, 0.2) is 10.8 Å². The lowest BCUT2D eigenvalue weighted by molar-refractivity contribution is -0.136. The highest BCUT2D eigenvalue weighted by Crippen LogP contribution is 2.09. The number of hydrogen-bond donors (Lipinski definition) is 1. The molecule has 0 amide bonds. The van der Waals surface area contributed by atoms with Gasteiger partial charge in [0.05, 0.1) is 12.1 Å². The highest BCUT2D eigenvalue weighted by atomic mass is 16.5. The van der Waals surface area contributed by atoms with E-state index in [4.69, 9.17) is 5.11 Å². The molecule has 66 valence electrons. The summed E-state index contributed by atoms with van der Waals surface area (Å²) in [5.74, 6) is -0.874. The fraction of sp³-hybridized carbons (Fsp3) is 0.500. The SMILES string of the molecule is CCCc1conc1CC(=O)O. The Bertz CT molecular complexity index is 267. The van der Waals surface area contributed by atoms with E-state index in [-0.39, 0.29) is 6.42 Å². The largest absolute Gasteiger partial charge is 0.481 e. The molecule has 0 spiro atoms. The van der Waals surface area contributed by atoms with Gasteiger partial charge in [0.15, 0.2) is 0 Å². The van der Waals surface area contributed by atoms with Crippen LogP contribution in [0.2, 0.25) is 0 Å². The minimum Gasteiger partial charge on any atom is -0.481 e. The predicted octanol–water partition coefficient (Wildman–Crippen LogP) is 1.25. The third kappa shape index (κ3) is 2.08. The maximum Gasteiger partial charge on any atom is 0.309 e. The van der Waals surface area contributed by atoms with Crippen LogP contribution in [-0.2, 0) is 17.6 Å². The molecule has 12 heavy (non-hydrogen) atoms. The van der Waals surface area contributed by atoms with Gasteiger partial charge >= 0.3 is 5.97 Å². The molecule has 4 heteroatoms. The average Bonchev–Trinajstić information content (AvgIpc) is 2.37. The quantitative estimate of drug-likeness (QED) is 0.736. The zero-order valence-corrected chi connectivity index (χ0v) is 6.91. The molecule has 1 heterocycles. The second kappa shape index (κ2) is 3.90. The zero-order chi connectivity index (χ0) is 8.97. The Morgan fingerprint density at radius 3 is 3.08 bits per heavy atom. The summed E-state index contributed by atoms with van der Waals surface area (Å²) in [7, 11) is 0. The van der Waals surface area contributed by atoms with Gasteiger partial charge in [-0.15, -0.1) is 0 Å². The molecular formula is C8H11NO3. The summed E-state index contributed by atoms with van der Waals surface area (Å²) in [4.78, 5) is 10.3. The van der Waals surface area contributed by atoms with Crippen LogP contribution in [0.1, 0.15) is 24.6 Å². The Balaban J connectivity index is 2.69. The first-order chi connectivity index (χ1) is 5.74. The second-order valence-corrected chi connectivity index (χ2v) is 2.61. The molecule has 0 fully saturated rings. The van der Waals surface area contributed by atoms with Crippen LogP contribution in [0.25, 0.3) is 0 Å². The molecule has 1 rings (SSSR count). The molecule has 0 aliphatic carbocycles. The lowest BCUT2D eigenvalue weighted by atomic mass is 10.1. The van der Waals surface area contributed by atoms with E-state index in [2.05, 4.69) is 9.68 Å². The maximum absolute atomic E-state index is 10.3. The van der Waals surface area contributed by atoms with E-state index in [1.54, 1.807) is 0 Å². The van der Waals surface area contributed by atoms with E-state index in [9.17, 15) is 4.79 Å². The molecule has 0 radical (unpaired) electrons. The summed E-state index contributed by atoms with van der Waals surface area (Å²) in [6.07, 6.45) is 3.26. The topological polar surface area (TPSA) is 63.3 Å². The van der Waals surface area contributed by atoms with Crippen molar-refractivity contribution in [3.05, 3.63) is 17.5 Å².